The van der Waals surface area contributed by atoms with Gasteiger partial charge in [0.05, 0.1) is 11.5 Å². The third-order valence-electron chi connectivity index (χ3n) is 1.98. The van der Waals surface area contributed by atoms with Crippen molar-refractivity contribution in [1.29, 1.82) is 0 Å². The molecule has 0 aliphatic carbocycles. The summed E-state index contributed by atoms with van der Waals surface area (Å²) in [7, 11) is 0.828. The highest BCUT2D eigenvalue weighted by atomic mass is 35.7. The summed E-state index contributed by atoms with van der Waals surface area (Å²) in [5, 5.41) is 10.8. The van der Waals surface area contributed by atoms with Crippen molar-refractivity contribution in [3.05, 3.63) is 27.8 Å². The monoisotopic (exact) mass is 293 g/mol. The Kier molecular flexibility index (Phi) is 4.25. The van der Waals surface area contributed by atoms with Crippen molar-refractivity contribution in [3.8, 4) is 5.75 Å². The number of nitrogens with zero attached hydrogens (tertiary/aromatic N) is 1. The predicted octanol–water partition coefficient (Wildman–Crippen LogP) is 1.73. The van der Waals surface area contributed by atoms with Gasteiger partial charge in [-0.15, -0.1) is 0 Å². The van der Waals surface area contributed by atoms with E-state index in [4.69, 9.17) is 15.4 Å². The molecule has 7 nitrogen and oxygen atoms in total. The molecule has 0 N–H and O–H groups in total. The van der Waals surface area contributed by atoms with Crippen molar-refractivity contribution in [1.82, 2.24) is 0 Å². The Labute approximate surface area is 107 Å². The van der Waals surface area contributed by atoms with E-state index in [1.807, 2.05) is 0 Å². The number of ether oxygens (including phenoxy) is 1. The second-order valence-corrected chi connectivity index (χ2v) is 5.58. The van der Waals surface area contributed by atoms with Gasteiger partial charge in [0.15, 0.2) is 6.29 Å². The maximum Gasteiger partial charge on any atom is 0.312 e. The summed E-state index contributed by atoms with van der Waals surface area (Å²) >= 11 is 0. The van der Waals surface area contributed by atoms with E-state index in [1.165, 1.54) is 6.92 Å². The molecule has 0 saturated carbocycles. The number of hydrogen-bond donors (Lipinski definition) is 0. The van der Waals surface area contributed by atoms with Crippen LogP contribution in [0.4, 0.5) is 5.69 Å². The van der Waals surface area contributed by atoms with Gasteiger partial charge in [-0.3, -0.25) is 14.9 Å². The van der Waals surface area contributed by atoms with E-state index < -0.39 is 30.3 Å². The molecular formula is C9H8ClNO6S. The second kappa shape index (κ2) is 5.32. The van der Waals surface area contributed by atoms with Crippen LogP contribution >= 0.6 is 10.7 Å². The molecule has 0 radical (unpaired) electrons. The summed E-state index contributed by atoms with van der Waals surface area (Å²) in [5.41, 5.74) is -0.860. The minimum absolute atomic E-state index is 0.0113. The van der Waals surface area contributed by atoms with Crippen LogP contribution in [0.25, 0.3) is 0 Å². The SMILES string of the molecule is CCOc1c([N+](=O)[O-])ccc(C=O)c1S(=O)(=O)Cl. The molecule has 1 rings (SSSR count). The summed E-state index contributed by atoms with van der Waals surface area (Å²) in [6.45, 7) is 1.50. The van der Waals surface area contributed by atoms with E-state index in [0.717, 1.165) is 12.1 Å². The molecule has 98 valence electrons. The fraction of sp³-hybridized carbons (Fsp3) is 0.222. The van der Waals surface area contributed by atoms with E-state index >= 15 is 0 Å². The number of hydrogen-bond acceptors (Lipinski definition) is 6. The van der Waals surface area contributed by atoms with Gasteiger partial charge in [0, 0.05) is 22.3 Å². The average molecular weight is 294 g/mol. The molecule has 0 aromatic heterocycles. The largest absolute Gasteiger partial charge is 0.486 e. The Morgan fingerprint density at radius 2 is 2.11 bits per heavy atom. The highest BCUT2D eigenvalue weighted by molar-refractivity contribution is 8.13. The third-order valence-corrected chi connectivity index (χ3v) is 3.35. The zero-order chi connectivity index (χ0) is 13.9. The van der Waals surface area contributed by atoms with Crippen molar-refractivity contribution in [2.45, 2.75) is 11.8 Å². The Hall–Kier alpha value is -1.67. The lowest BCUT2D eigenvalue weighted by Gasteiger charge is -2.09. The van der Waals surface area contributed by atoms with Crippen LogP contribution in [0.1, 0.15) is 17.3 Å². The van der Waals surface area contributed by atoms with Gasteiger partial charge in [-0.05, 0) is 13.0 Å². The Morgan fingerprint density at radius 3 is 2.50 bits per heavy atom. The fourth-order valence-corrected chi connectivity index (χ4v) is 2.60. The summed E-state index contributed by atoms with van der Waals surface area (Å²) in [5.74, 6) is -0.526. The first-order chi connectivity index (χ1) is 8.32. The molecule has 0 aliphatic heterocycles. The van der Waals surface area contributed by atoms with Crippen LogP contribution in [0.2, 0.25) is 0 Å². The lowest BCUT2D eigenvalue weighted by atomic mass is 10.2. The first-order valence-electron chi connectivity index (χ1n) is 4.67. The molecule has 0 heterocycles. The molecule has 0 fully saturated rings. The van der Waals surface area contributed by atoms with Crippen LogP contribution in [0.3, 0.4) is 0 Å². The molecule has 0 bridgehead atoms. The molecule has 0 atom stereocenters. The van der Waals surface area contributed by atoms with Crippen molar-refractivity contribution in [3.63, 3.8) is 0 Å². The Balaban J connectivity index is 3.75. The average Bonchev–Trinajstić information content (AvgIpc) is 2.26. The van der Waals surface area contributed by atoms with Crippen LogP contribution in [0, 0.1) is 10.1 Å². The van der Waals surface area contributed by atoms with Gasteiger partial charge < -0.3 is 4.74 Å². The molecule has 0 aliphatic rings. The lowest BCUT2D eigenvalue weighted by molar-refractivity contribution is -0.386. The molecule has 9 heteroatoms. The van der Waals surface area contributed by atoms with Gasteiger partial charge in [-0.25, -0.2) is 8.42 Å². The van der Waals surface area contributed by atoms with Gasteiger partial charge in [0.25, 0.3) is 9.05 Å². The number of carbonyl (C=O) groups is 1. The molecule has 0 unspecified atom stereocenters. The summed E-state index contributed by atoms with van der Waals surface area (Å²) in [6.07, 6.45) is 0.238. The predicted molar refractivity (Wildman–Crippen MR) is 62.7 cm³/mol. The van der Waals surface area contributed by atoms with Crippen LogP contribution in [-0.2, 0) is 9.05 Å². The van der Waals surface area contributed by atoms with Crippen LogP contribution in [0.5, 0.6) is 5.75 Å². The minimum Gasteiger partial charge on any atom is -0.486 e. The van der Waals surface area contributed by atoms with Gasteiger partial charge in [-0.2, -0.15) is 0 Å². The fourth-order valence-electron chi connectivity index (χ4n) is 1.34. The number of carbonyl (C=O) groups excluding carboxylic acids is 1. The highest BCUT2D eigenvalue weighted by Gasteiger charge is 2.29. The Bertz CT molecular complexity index is 597. The second-order valence-electron chi connectivity index (χ2n) is 3.08. The van der Waals surface area contributed by atoms with E-state index in [2.05, 4.69) is 0 Å². The van der Waals surface area contributed by atoms with Crippen molar-refractivity contribution in [2.24, 2.45) is 0 Å². The lowest BCUT2D eigenvalue weighted by Crippen LogP contribution is -2.06. The highest BCUT2D eigenvalue weighted by Crippen LogP contribution is 2.37. The molecule has 1 aromatic rings. The summed E-state index contributed by atoms with van der Waals surface area (Å²) in [4.78, 5) is 20.0. The minimum atomic E-state index is -4.34. The number of nitro groups is 1. The van der Waals surface area contributed by atoms with E-state index in [-0.39, 0.29) is 18.5 Å². The summed E-state index contributed by atoms with van der Waals surface area (Å²) < 4.78 is 27.7. The van der Waals surface area contributed by atoms with Gasteiger partial charge >= 0.3 is 5.69 Å². The Morgan fingerprint density at radius 1 is 1.50 bits per heavy atom. The van der Waals surface area contributed by atoms with E-state index in [0.29, 0.717) is 0 Å². The smallest absolute Gasteiger partial charge is 0.312 e. The first-order valence-corrected chi connectivity index (χ1v) is 6.97. The van der Waals surface area contributed by atoms with Crippen molar-refractivity contribution >= 4 is 31.7 Å². The third kappa shape index (κ3) is 2.77. The zero-order valence-corrected chi connectivity index (χ0v) is 10.7. The van der Waals surface area contributed by atoms with Crippen molar-refractivity contribution in [2.75, 3.05) is 6.61 Å². The van der Waals surface area contributed by atoms with Crippen molar-refractivity contribution < 1.29 is 22.9 Å². The standard InChI is InChI=1S/C9H8ClNO6S/c1-2-17-8-7(11(13)14)4-3-6(5-12)9(8)18(10,15)16/h3-5H,2H2,1H3. The molecule has 1 aromatic carbocycles. The van der Waals surface area contributed by atoms with Crippen LogP contribution < -0.4 is 4.74 Å². The van der Waals surface area contributed by atoms with E-state index in [1.54, 1.807) is 0 Å². The van der Waals surface area contributed by atoms with Crippen LogP contribution in [0.15, 0.2) is 17.0 Å². The maximum absolute atomic E-state index is 11.4. The molecule has 0 amide bonds. The molecule has 0 spiro atoms. The normalized spacial score (nSPS) is 11.0. The van der Waals surface area contributed by atoms with Gasteiger partial charge in [0.2, 0.25) is 5.75 Å². The van der Waals surface area contributed by atoms with Gasteiger partial charge in [0.1, 0.15) is 4.90 Å². The number of nitro benzene ring substituents is 1. The number of halogens is 1. The number of benzene rings is 1. The maximum atomic E-state index is 11.4. The first kappa shape index (κ1) is 14.4. The topological polar surface area (TPSA) is 104 Å². The quantitative estimate of drug-likeness (QED) is 0.354. The van der Waals surface area contributed by atoms with Crippen LogP contribution in [-0.4, -0.2) is 26.2 Å². The van der Waals surface area contributed by atoms with E-state index in [9.17, 15) is 23.3 Å². The zero-order valence-electron chi connectivity index (χ0n) is 9.12. The number of aldehydes is 1. The molecule has 18 heavy (non-hydrogen) atoms. The number of rotatable bonds is 5. The molecular weight excluding hydrogens is 286 g/mol. The molecule has 0 saturated heterocycles. The van der Waals surface area contributed by atoms with Gasteiger partial charge in [-0.1, -0.05) is 0 Å². The summed E-state index contributed by atoms with van der Waals surface area (Å²) in [6, 6.07) is 1.99.